The summed E-state index contributed by atoms with van der Waals surface area (Å²) in [6.07, 6.45) is 6.67. The zero-order valence-corrected chi connectivity index (χ0v) is 17.8. The highest BCUT2D eigenvalue weighted by Gasteiger charge is 2.31. The highest BCUT2D eigenvalue weighted by Crippen LogP contribution is 2.39. The molecular weight excluding hydrogens is 413 g/mol. The van der Waals surface area contributed by atoms with Gasteiger partial charge in [0.25, 0.3) is 0 Å². The molecule has 32 heavy (non-hydrogen) atoms. The van der Waals surface area contributed by atoms with Gasteiger partial charge in [-0.1, -0.05) is 6.07 Å². The van der Waals surface area contributed by atoms with E-state index in [2.05, 4.69) is 4.98 Å². The van der Waals surface area contributed by atoms with E-state index >= 15 is 4.39 Å². The zero-order chi connectivity index (χ0) is 22.4. The molecule has 1 aliphatic heterocycles. The van der Waals surface area contributed by atoms with E-state index in [1.54, 1.807) is 12.3 Å². The Kier molecular flexibility index (Phi) is 5.07. The van der Waals surface area contributed by atoms with Crippen molar-refractivity contribution in [2.75, 3.05) is 18.1 Å². The molecule has 0 radical (unpaired) electrons. The Hall–Kier alpha value is -3.42. The Morgan fingerprint density at radius 1 is 1.31 bits per heavy atom. The summed E-state index contributed by atoms with van der Waals surface area (Å²) in [6.45, 7) is 2.99. The number of hydrogen-bond donors (Lipinski definition) is 1. The monoisotopic (exact) mass is 437 g/mol. The molecule has 1 aliphatic carbocycles. The fraction of sp³-hybridized carbons (Fsp3) is 0.375. The molecule has 3 aromatic rings. The molecule has 2 aromatic heterocycles. The summed E-state index contributed by atoms with van der Waals surface area (Å²) in [5.41, 5.74) is 0.956. The first-order valence-electron chi connectivity index (χ1n) is 10.9. The van der Waals surface area contributed by atoms with Gasteiger partial charge in [-0.25, -0.2) is 14.2 Å². The summed E-state index contributed by atoms with van der Waals surface area (Å²) in [6, 6.07) is 6.78. The number of fused-ring (bicyclic) bond motifs is 1. The minimum absolute atomic E-state index is 0.0252. The number of rotatable bonds is 6. The van der Waals surface area contributed by atoms with E-state index in [0.29, 0.717) is 30.2 Å². The number of halogens is 1. The minimum atomic E-state index is -1.29. The first-order valence-corrected chi connectivity index (χ1v) is 10.9. The van der Waals surface area contributed by atoms with Gasteiger partial charge in [-0.3, -0.25) is 4.79 Å². The smallest absolute Gasteiger partial charge is 0.341 e. The van der Waals surface area contributed by atoms with Gasteiger partial charge in [0.15, 0.2) is 0 Å². The Morgan fingerprint density at radius 3 is 2.84 bits per heavy atom. The number of ether oxygens (including phenoxy) is 1. The SMILES string of the molecule is Cc1cccnc1OC[C@H]1CCCN1c1cc2c(cc1F)c(=O)c(C(=O)O)cn2C1CC1. The Labute approximate surface area is 184 Å². The molecule has 5 rings (SSSR count). The van der Waals surface area contributed by atoms with Gasteiger partial charge < -0.3 is 19.3 Å². The third-order valence-electron chi connectivity index (χ3n) is 6.33. The van der Waals surface area contributed by atoms with Gasteiger partial charge in [-0.05, 0) is 50.8 Å². The van der Waals surface area contributed by atoms with Crippen molar-refractivity contribution in [3.05, 3.63) is 63.8 Å². The van der Waals surface area contributed by atoms with Crippen LogP contribution in [0.3, 0.4) is 0 Å². The summed E-state index contributed by atoms with van der Waals surface area (Å²) in [7, 11) is 0. The van der Waals surface area contributed by atoms with Crippen LogP contribution in [0.1, 0.15) is 47.6 Å². The van der Waals surface area contributed by atoms with Gasteiger partial charge >= 0.3 is 5.97 Å². The lowest BCUT2D eigenvalue weighted by Crippen LogP contribution is -2.35. The third-order valence-corrected chi connectivity index (χ3v) is 6.33. The van der Waals surface area contributed by atoms with Gasteiger partial charge in [0.05, 0.1) is 17.2 Å². The third kappa shape index (κ3) is 3.59. The molecular formula is C24H24FN3O4. The van der Waals surface area contributed by atoms with Crippen molar-refractivity contribution in [3.63, 3.8) is 0 Å². The number of benzene rings is 1. The fourth-order valence-electron chi connectivity index (χ4n) is 4.51. The lowest BCUT2D eigenvalue weighted by Gasteiger charge is -2.28. The minimum Gasteiger partial charge on any atom is -0.477 e. The lowest BCUT2D eigenvalue weighted by molar-refractivity contribution is 0.0695. The second kappa shape index (κ2) is 7.93. The van der Waals surface area contributed by atoms with Gasteiger partial charge in [-0.15, -0.1) is 0 Å². The van der Waals surface area contributed by atoms with Crippen LogP contribution in [0.25, 0.3) is 10.9 Å². The number of aromatic nitrogens is 2. The molecule has 166 valence electrons. The summed E-state index contributed by atoms with van der Waals surface area (Å²) in [4.78, 5) is 30.5. The molecule has 8 heteroatoms. The van der Waals surface area contributed by atoms with E-state index in [9.17, 15) is 14.7 Å². The summed E-state index contributed by atoms with van der Waals surface area (Å²) in [5, 5.41) is 9.53. The number of carboxylic acids is 1. The van der Waals surface area contributed by atoms with Crippen molar-refractivity contribution in [1.29, 1.82) is 0 Å². The first kappa shape index (κ1) is 20.5. The number of nitrogens with zero attached hydrogens (tertiary/aromatic N) is 3. The van der Waals surface area contributed by atoms with Crippen LogP contribution in [-0.2, 0) is 0 Å². The van der Waals surface area contributed by atoms with Crippen LogP contribution in [0.15, 0.2) is 41.5 Å². The van der Waals surface area contributed by atoms with E-state index in [4.69, 9.17) is 4.74 Å². The van der Waals surface area contributed by atoms with Crippen LogP contribution in [-0.4, -0.2) is 39.8 Å². The zero-order valence-electron chi connectivity index (χ0n) is 17.8. The highest BCUT2D eigenvalue weighted by molar-refractivity contribution is 5.93. The average molecular weight is 437 g/mol. The number of anilines is 1. The number of hydrogen-bond acceptors (Lipinski definition) is 5. The fourth-order valence-corrected chi connectivity index (χ4v) is 4.51. The van der Waals surface area contributed by atoms with E-state index in [-0.39, 0.29) is 23.0 Å². The van der Waals surface area contributed by atoms with Crippen LogP contribution in [0.4, 0.5) is 10.1 Å². The molecule has 1 aromatic carbocycles. The number of aromatic carboxylic acids is 1. The van der Waals surface area contributed by atoms with Crippen LogP contribution in [0.5, 0.6) is 5.88 Å². The van der Waals surface area contributed by atoms with Crippen molar-refractivity contribution in [1.82, 2.24) is 9.55 Å². The van der Waals surface area contributed by atoms with Gasteiger partial charge in [0.2, 0.25) is 11.3 Å². The molecule has 0 spiro atoms. The first-order chi connectivity index (χ1) is 15.4. The normalized spacial score (nSPS) is 18.3. The average Bonchev–Trinajstić information content (AvgIpc) is 3.51. The molecule has 1 saturated heterocycles. The van der Waals surface area contributed by atoms with Gasteiger partial charge in [0, 0.05) is 35.9 Å². The highest BCUT2D eigenvalue weighted by atomic mass is 19.1. The topological polar surface area (TPSA) is 84.7 Å². The summed E-state index contributed by atoms with van der Waals surface area (Å²) < 4.78 is 23.0. The van der Waals surface area contributed by atoms with E-state index in [0.717, 1.165) is 31.2 Å². The largest absolute Gasteiger partial charge is 0.477 e. The van der Waals surface area contributed by atoms with Crippen LogP contribution >= 0.6 is 0 Å². The van der Waals surface area contributed by atoms with Crippen molar-refractivity contribution < 1.29 is 19.0 Å². The van der Waals surface area contributed by atoms with Crippen LogP contribution < -0.4 is 15.1 Å². The Balaban J connectivity index is 1.52. The molecule has 2 fully saturated rings. The van der Waals surface area contributed by atoms with Crippen molar-refractivity contribution in [2.24, 2.45) is 0 Å². The van der Waals surface area contributed by atoms with E-state index < -0.39 is 17.2 Å². The number of carbonyl (C=O) groups is 1. The van der Waals surface area contributed by atoms with Gasteiger partial charge in [-0.2, -0.15) is 0 Å². The molecule has 0 bridgehead atoms. The maximum atomic E-state index is 15.2. The second-order valence-corrected chi connectivity index (χ2v) is 8.56. The van der Waals surface area contributed by atoms with Crippen molar-refractivity contribution in [2.45, 2.75) is 44.7 Å². The quantitative estimate of drug-likeness (QED) is 0.629. The van der Waals surface area contributed by atoms with Crippen LogP contribution in [0.2, 0.25) is 0 Å². The second-order valence-electron chi connectivity index (χ2n) is 8.56. The standard InChI is InChI=1S/C24H24FN3O4/c1-14-4-2-8-26-23(14)32-13-16-5-3-9-27(16)21-11-20-17(10-19(21)25)22(29)18(24(30)31)12-28(20)15-6-7-15/h2,4,8,10-12,15-16H,3,5-7,9,13H2,1H3,(H,30,31)/t16-/m1/s1. The molecule has 0 amide bonds. The molecule has 1 N–H and O–H groups in total. The molecule has 3 heterocycles. The maximum Gasteiger partial charge on any atom is 0.341 e. The molecule has 1 atom stereocenters. The lowest BCUT2D eigenvalue weighted by atomic mass is 10.1. The van der Waals surface area contributed by atoms with Crippen molar-refractivity contribution >= 4 is 22.6 Å². The summed E-state index contributed by atoms with van der Waals surface area (Å²) >= 11 is 0. The van der Waals surface area contributed by atoms with Gasteiger partial charge in [0.1, 0.15) is 18.0 Å². The van der Waals surface area contributed by atoms with Crippen molar-refractivity contribution in [3.8, 4) is 5.88 Å². The number of carboxylic acid groups (broad SMARTS) is 1. The Bertz CT molecular complexity index is 1270. The molecule has 7 nitrogen and oxygen atoms in total. The molecule has 1 saturated carbocycles. The molecule has 0 unspecified atom stereocenters. The van der Waals surface area contributed by atoms with E-state index in [1.807, 2.05) is 28.5 Å². The summed E-state index contributed by atoms with van der Waals surface area (Å²) in [5.74, 6) is -1.25. The Morgan fingerprint density at radius 2 is 2.12 bits per heavy atom. The molecule has 2 aliphatic rings. The predicted octanol–water partition coefficient (Wildman–Crippen LogP) is 3.92. The number of aryl methyl sites for hydroxylation is 1. The number of pyridine rings is 2. The van der Waals surface area contributed by atoms with Crippen LogP contribution in [0, 0.1) is 12.7 Å². The maximum absolute atomic E-state index is 15.2. The predicted molar refractivity (Wildman–Crippen MR) is 118 cm³/mol. The van der Waals surface area contributed by atoms with E-state index in [1.165, 1.54) is 12.3 Å².